The van der Waals surface area contributed by atoms with Crippen LogP contribution in [-0.2, 0) is 0 Å². The monoisotopic (exact) mass is 226 g/mol. The maximum atomic E-state index is 4.30. The highest BCUT2D eigenvalue weighted by Gasteiger charge is 2.07. The minimum absolute atomic E-state index is 1.00. The Morgan fingerprint density at radius 2 is 2.12 bits per heavy atom. The van der Waals surface area contributed by atoms with Crippen molar-refractivity contribution >= 4 is 22.1 Å². The average molecular weight is 226 g/mol. The number of hydrogen-bond acceptors (Lipinski definition) is 3. The van der Waals surface area contributed by atoms with Gasteiger partial charge in [-0.1, -0.05) is 17.7 Å². The summed E-state index contributed by atoms with van der Waals surface area (Å²) in [5, 5.41) is 4.74. The molecule has 2 nitrogen and oxygen atoms in total. The Morgan fingerprint density at radius 1 is 1.19 bits per heavy atom. The second kappa shape index (κ2) is 3.68. The fraction of sp³-hybridized carbons (Fsp3) is 0.0769. The molecule has 3 rings (SSSR count). The van der Waals surface area contributed by atoms with Gasteiger partial charge in [0.1, 0.15) is 6.33 Å². The van der Waals surface area contributed by atoms with E-state index >= 15 is 0 Å². The summed E-state index contributed by atoms with van der Waals surface area (Å²) in [5.74, 6) is 0. The van der Waals surface area contributed by atoms with Crippen LogP contribution in [0.4, 0.5) is 0 Å². The van der Waals surface area contributed by atoms with Gasteiger partial charge in [0.2, 0.25) is 0 Å². The molecule has 0 radical (unpaired) electrons. The molecule has 0 spiro atoms. The molecule has 16 heavy (non-hydrogen) atoms. The Balaban J connectivity index is 2.29. The van der Waals surface area contributed by atoms with Crippen LogP contribution in [0.2, 0.25) is 0 Å². The molecule has 0 fully saturated rings. The van der Waals surface area contributed by atoms with Crippen LogP contribution in [0.25, 0.3) is 21.3 Å². The molecule has 0 aliphatic carbocycles. The van der Waals surface area contributed by atoms with E-state index < -0.39 is 0 Å². The number of nitrogens with zero attached hydrogens (tertiary/aromatic N) is 2. The highest BCUT2D eigenvalue weighted by Crippen LogP contribution is 2.33. The number of hydrogen-bond donors (Lipinski definition) is 0. The third-order valence-electron chi connectivity index (χ3n) is 2.57. The maximum absolute atomic E-state index is 4.30. The van der Waals surface area contributed by atoms with Gasteiger partial charge in [-0.15, -0.1) is 11.3 Å². The van der Waals surface area contributed by atoms with E-state index in [1.807, 2.05) is 6.07 Å². The zero-order valence-electron chi connectivity index (χ0n) is 8.84. The van der Waals surface area contributed by atoms with Gasteiger partial charge in [0.05, 0.1) is 10.6 Å². The summed E-state index contributed by atoms with van der Waals surface area (Å²) in [5.41, 5.74) is 2.28. The molecule has 0 saturated carbocycles. The number of aromatic nitrogens is 2. The van der Waals surface area contributed by atoms with Crippen molar-refractivity contribution < 1.29 is 0 Å². The van der Waals surface area contributed by atoms with E-state index in [-0.39, 0.29) is 0 Å². The second-order valence-corrected chi connectivity index (χ2v) is 4.63. The number of aryl methyl sites for hydroxylation is 1. The number of benzene rings is 1. The first-order chi connectivity index (χ1) is 7.84. The van der Waals surface area contributed by atoms with Crippen LogP contribution >= 0.6 is 11.3 Å². The van der Waals surface area contributed by atoms with Crippen LogP contribution in [0, 0.1) is 6.92 Å². The fourth-order valence-electron chi connectivity index (χ4n) is 1.78. The van der Waals surface area contributed by atoms with E-state index in [4.69, 9.17) is 0 Å². The Labute approximate surface area is 97.6 Å². The molecule has 0 amide bonds. The molecule has 0 saturated heterocycles. The van der Waals surface area contributed by atoms with Crippen molar-refractivity contribution in [3.05, 3.63) is 47.7 Å². The van der Waals surface area contributed by atoms with Crippen LogP contribution < -0.4 is 0 Å². The van der Waals surface area contributed by atoms with Crippen molar-refractivity contribution in [2.45, 2.75) is 6.92 Å². The minimum Gasteiger partial charge on any atom is -0.245 e. The average Bonchev–Trinajstić information content (AvgIpc) is 2.73. The van der Waals surface area contributed by atoms with Crippen LogP contribution in [-0.4, -0.2) is 9.97 Å². The van der Waals surface area contributed by atoms with Gasteiger partial charge >= 0.3 is 0 Å². The number of thiophene rings is 1. The predicted molar refractivity (Wildman–Crippen MR) is 67.6 cm³/mol. The number of fused-ring (bicyclic) bond motifs is 1. The molecule has 0 bridgehead atoms. The summed E-state index contributed by atoms with van der Waals surface area (Å²) in [6.07, 6.45) is 3.38. The Bertz CT molecular complexity index is 629. The van der Waals surface area contributed by atoms with E-state index in [1.165, 1.54) is 21.2 Å². The standard InChI is InChI=1S/C13H10N2S/c1-9-2-3-10-7-16-13(11(10)6-9)12-4-5-14-8-15-12/h2-8H,1H3. The van der Waals surface area contributed by atoms with Crippen molar-refractivity contribution in [2.24, 2.45) is 0 Å². The molecule has 1 aromatic carbocycles. The highest BCUT2D eigenvalue weighted by atomic mass is 32.1. The minimum atomic E-state index is 1.00. The predicted octanol–water partition coefficient (Wildman–Crippen LogP) is 3.67. The summed E-state index contributed by atoms with van der Waals surface area (Å²) in [4.78, 5) is 9.47. The third-order valence-corrected chi connectivity index (χ3v) is 3.61. The second-order valence-electron chi connectivity index (χ2n) is 3.75. The summed E-state index contributed by atoms with van der Waals surface area (Å²) in [6.45, 7) is 2.11. The zero-order valence-corrected chi connectivity index (χ0v) is 9.66. The number of rotatable bonds is 1. The lowest BCUT2D eigenvalue weighted by Crippen LogP contribution is -1.81. The van der Waals surface area contributed by atoms with E-state index in [0.717, 1.165) is 5.69 Å². The van der Waals surface area contributed by atoms with E-state index in [9.17, 15) is 0 Å². The molecule has 2 heterocycles. The molecule has 0 aliphatic heterocycles. The van der Waals surface area contributed by atoms with E-state index in [2.05, 4.69) is 40.5 Å². The summed E-state index contributed by atoms with van der Waals surface area (Å²) < 4.78 is 0. The van der Waals surface area contributed by atoms with E-state index in [0.29, 0.717) is 0 Å². The molecule has 0 N–H and O–H groups in total. The Hall–Kier alpha value is -1.74. The SMILES string of the molecule is Cc1ccc2csc(-c3ccncn3)c2c1. The van der Waals surface area contributed by atoms with Crippen LogP contribution in [0.15, 0.2) is 42.2 Å². The summed E-state index contributed by atoms with van der Waals surface area (Å²) in [7, 11) is 0. The molecular weight excluding hydrogens is 216 g/mol. The summed E-state index contributed by atoms with van der Waals surface area (Å²) >= 11 is 1.73. The smallest absolute Gasteiger partial charge is 0.116 e. The first kappa shape index (κ1) is 9.48. The third kappa shape index (κ3) is 1.49. The van der Waals surface area contributed by atoms with Crippen molar-refractivity contribution in [2.75, 3.05) is 0 Å². The van der Waals surface area contributed by atoms with Crippen molar-refractivity contribution in [3.63, 3.8) is 0 Å². The van der Waals surface area contributed by atoms with Crippen molar-refractivity contribution in [1.29, 1.82) is 0 Å². The Morgan fingerprint density at radius 3 is 2.94 bits per heavy atom. The van der Waals surface area contributed by atoms with Gasteiger partial charge in [0, 0.05) is 11.6 Å². The van der Waals surface area contributed by atoms with Gasteiger partial charge in [-0.05, 0) is 29.8 Å². The van der Waals surface area contributed by atoms with Crippen molar-refractivity contribution in [3.8, 4) is 10.6 Å². The molecule has 3 aromatic rings. The topological polar surface area (TPSA) is 25.8 Å². The molecule has 3 heteroatoms. The lowest BCUT2D eigenvalue weighted by molar-refractivity contribution is 1.18. The van der Waals surface area contributed by atoms with Gasteiger partial charge in [-0.3, -0.25) is 0 Å². The zero-order chi connectivity index (χ0) is 11.0. The van der Waals surface area contributed by atoms with Crippen LogP contribution in [0.1, 0.15) is 5.56 Å². The van der Waals surface area contributed by atoms with Crippen LogP contribution in [0.3, 0.4) is 0 Å². The molecule has 0 atom stereocenters. The fourth-order valence-corrected chi connectivity index (χ4v) is 2.77. The molecule has 78 valence electrons. The van der Waals surface area contributed by atoms with Crippen LogP contribution in [0.5, 0.6) is 0 Å². The lowest BCUT2D eigenvalue weighted by Gasteiger charge is -1.98. The van der Waals surface area contributed by atoms with Gasteiger partial charge < -0.3 is 0 Å². The molecule has 0 aliphatic rings. The first-order valence-corrected chi connectivity index (χ1v) is 5.97. The van der Waals surface area contributed by atoms with Gasteiger partial charge in [0.15, 0.2) is 0 Å². The highest BCUT2D eigenvalue weighted by molar-refractivity contribution is 7.15. The molecule has 0 unspecified atom stereocenters. The normalized spacial score (nSPS) is 10.8. The molecular formula is C13H10N2S. The summed E-state index contributed by atoms with van der Waals surface area (Å²) in [6, 6.07) is 8.46. The first-order valence-electron chi connectivity index (χ1n) is 5.09. The lowest BCUT2D eigenvalue weighted by atomic mass is 10.1. The van der Waals surface area contributed by atoms with Gasteiger partial charge in [-0.2, -0.15) is 0 Å². The molecule has 2 aromatic heterocycles. The maximum Gasteiger partial charge on any atom is 0.116 e. The van der Waals surface area contributed by atoms with Crippen molar-refractivity contribution in [1.82, 2.24) is 9.97 Å². The largest absolute Gasteiger partial charge is 0.245 e. The quantitative estimate of drug-likeness (QED) is 0.632. The van der Waals surface area contributed by atoms with E-state index in [1.54, 1.807) is 23.9 Å². The van der Waals surface area contributed by atoms with Gasteiger partial charge in [0.25, 0.3) is 0 Å². The van der Waals surface area contributed by atoms with Gasteiger partial charge in [-0.25, -0.2) is 9.97 Å². The Kier molecular flexibility index (Phi) is 2.18.